The monoisotopic (exact) mass is 224 g/mol. The van der Waals surface area contributed by atoms with Crippen molar-refractivity contribution in [2.24, 2.45) is 0 Å². The first kappa shape index (κ1) is 6.31. The maximum Gasteiger partial charge on any atom is 0.165 e. The lowest BCUT2D eigenvalue weighted by atomic mass is 11.0. The molecular weight excluding hydrogens is 222 g/mol. The van der Waals surface area contributed by atoms with Crippen molar-refractivity contribution in [2.45, 2.75) is 9.26 Å². The summed E-state index contributed by atoms with van der Waals surface area (Å²) in [6, 6.07) is 0. The molecule has 0 N–H and O–H groups in total. The molecular formula is C2H3Cl2I. The fourth-order valence-corrected chi connectivity index (χ4v) is 0. The van der Waals surface area contributed by atoms with Crippen molar-refractivity contribution in [3.63, 3.8) is 0 Å². The summed E-state index contributed by atoms with van der Waals surface area (Å²) in [5.41, 5.74) is 0. The van der Waals surface area contributed by atoms with E-state index in [0.29, 0.717) is 0 Å². The molecule has 0 aromatic heterocycles. The molecule has 0 radical (unpaired) electrons. The highest BCUT2D eigenvalue weighted by Gasteiger charge is 2.06. The van der Waals surface area contributed by atoms with Gasteiger partial charge in [0.1, 0.15) is 0 Å². The second-order valence-corrected chi connectivity index (χ2v) is 5.92. The lowest BCUT2D eigenvalue weighted by Gasteiger charge is -1.95. The van der Waals surface area contributed by atoms with Gasteiger partial charge in [-0.05, 0) is 29.5 Å². The Morgan fingerprint density at radius 1 is 1.60 bits per heavy atom. The molecule has 32 valence electrons. The summed E-state index contributed by atoms with van der Waals surface area (Å²) in [7, 11) is 0. The van der Waals surface area contributed by atoms with Gasteiger partial charge in [-0.3, -0.25) is 0 Å². The fraction of sp³-hybridized carbons (Fsp3) is 1.00. The number of rotatable bonds is 0. The number of alkyl halides is 3. The molecule has 0 aliphatic rings. The van der Waals surface area contributed by atoms with Gasteiger partial charge in [0.2, 0.25) is 0 Å². The van der Waals surface area contributed by atoms with Crippen LogP contribution in [0.5, 0.6) is 0 Å². The number of halogens is 3. The molecule has 0 saturated heterocycles. The van der Waals surface area contributed by atoms with E-state index in [9.17, 15) is 0 Å². The van der Waals surface area contributed by atoms with E-state index < -0.39 is 2.34 Å². The fourth-order valence-electron chi connectivity index (χ4n) is 0. The van der Waals surface area contributed by atoms with Gasteiger partial charge in [0.25, 0.3) is 0 Å². The summed E-state index contributed by atoms with van der Waals surface area (Å²) >= 11 is 12.5. The van der Waals surface area contributed by atoms with Crippen LogP contribution in [-0.4, -0.2) is 2.34 Å². The standard InChI is InChI=1S/C2H3Cl2I/c1-2(3,4)5/h1H3. The molecule has 0 atom stereocenters. The van der Waals surface area contributed by atoms with E-state index in [-0.39, 0.29) is 0 Å². The van der Waals surface area contributed by atoms with Crippen molar-refractivity contribution in [3.8, 4) is 0 Å². The van der Waals surface area contributed by atoms with Crippen molar-refractivity contribution in [1.29, 1.82) is 0 Å². The van der Waals surface area contributed by atoms with Gasteiger partial charge in [-0.1, -0.05) is 23.2 Å². The molecule has 0 bridgehead atoms. The summed E-state index contributed by atoms with van der Waals surface area (Å²) in [4.78, 5) is 0. The van der Waals surface area contributed by atoms with Gasteiger partial charge in [-0.25, -0.2) is 0 Å². The van der Waals surface area contributed by atoms with E-state index in [1.54, 1.807) is 6.92 Å². The van der Waals surface area contributed by atoms with Crippen molar-refractivity contribution in [2.75, 3.05) is 0 Å². The minimum absolute atomic E-state index is 0.586. The Kier molecular flexibility index (Phi) is 2.33. The van der Waals surface area contributed by atoms with Gasteiger partial charge in [0.15, 0.2) is 2.34 Å². The Hall–Kier alpha value is 1.31. The van der Waals surface area contributed by atoms with Crippen LogP contribution in [0.15, 0.2) is 0 Å². The maximum absolute atomic E-state index is 5.28. The Morgan fingerprint density at radius 2 is 1.60 bits per heavy atom. The lowest BCUT2D eigenvalue weighted by molar-refractivity contribution is 1.35. The van der Waals surface area contributed by atoms with E-state index in [1.807, 2.05) is 22.6 Å². The molecule has 0 rings (SSSR count). The maximum atomic E-state index is 5.28. The van der Waals surface area contributed by atoms with Gasteiger partial charge in [-0.15, -0.1) is 0 Å². The molecule has 0 fully saturated rings. The summed E-state index contributed by atoms with van der Waals surface area (Å²) < 4.78 is -0.586. The topological polar surface area (TPSA) is 0 Å². The molecule has 0 saturated carbocycles. The van der Waals surface area contributed by atoms with E-state index in [1.165, 1.54) is 0 Å². The largest absolute Gasteiger partial charge is 0.165 e. The third-order valence-corrected chi connectivity index (χ3v) is 0. The van der Waals surface area contributed by atoms with Crippen LogP contribution in [0, 0.1) is 0 Å². The van der Waals surface area contributed by atoms with E-state index >= 15 is 0 Å². The number of hydrogen-bond donors (Lipinski definition) is 0. The zero-order valence-corrected chi connectivity index (χ0v) is 6.30. The van der Waals surface area contributed by atoms with Crippen LogP contribution in [0.3, 0.4) is 0 Å². The number of hydrogen-bond acceptors (Lipinski definition) is 0. The van der Waals surface area contributed by atoms with Crippen LogP contribution in [0.2, 0.25) is 0 Å². The highest BCUT2D eigenvalue weighted by Crippen LogP contribution is 2.27. The molecule has 0 spiro atoms. The zero-order chi connectivity index (χ0) is 4.50. The Morgan fingerprint density at radius 3 is 1.60 bits per heavy atom. The van der Waals surface area contributed by atoms with E-state index in [4.69, 9.17) is 23.2 Å². The van der Waals surface area contributed by atoms with Crippen LogP contribution in [0.4, 0.5) is 0 Å². The summed E-state index contributed by atoms with van der Waals surface area (Å²) in [6.07, 6.45) is 0. The highest BCUT2D eigenvalue weighted by molar-refractivity contribution is 14.1. The molecule has 0 aromatic carbocycles. The van der Waals surface area contributed by atoms with Crippen LogP contribution in [0.1, 0.15) is 6.92 Å². The van der Waals surface area contributed by atoms with Crippen molar-refractivity contribution in [3.05, 3.63) is 0 Å². The van der Waals surface area contributed by atoms with Crippen molar-refractivity contribution in [1.82, 2.24) is 0 Å². The molecule has 0 nitrogen and oxygen atoms in total. The average Bonchev–Trinajstić information content (AvgIpc) is 0.722. The van der Waals surface area contributed by atoms with Crippen molar-refractivity contribution >= 4 is 45.8 Å². The Balaban J connectivity index is 3.02. The highest BCUT2D eigenvalue weighted by atomic mass is 127. The molecule has 3 heteroatoms. The molecule has 0 aromatic rings. The molecule has 0 unspecified atom stereocenters. The van der Waals surface area contributed by atoms with Gasteiger partial charge in [-0.2, -0.15) is 0 Å². The summed E-state index contributed by atoms with van der Waals surface area (Å²) in [6.45, 7) is 1.71. The zero-order valence-electron chi connectivity index (χ0n) is 2.63. The van der Waals surface area contributed by atoms with Crippen LogP contribution in [0.25, 0.3) is 0 Å². The average molecular weight is 225 g/mol. The van der Waals surface area contributed by atoms with Gasteiger partial charge in [0, 0.05) is 0 Å². The molecule has 0 heterocycles. The van der Waals surface area contributed by atoms with E-state index in [0.717, 1.165) is 0 Å². The van der Waals surface area contributed by atoms with Crippen LogP contribution in [-0.2, 0) is 0 Å². The third-order valence-electron chi connectivity index (χ3n) is 0. The second-order valence-electron chi connectivity index (χ2n) is 0.781. The first-order valence-corrected chi connectivity index (χ1v) is 2.90. The molecule has 0 aliphatic heterocycles. The minimum atomic E-state index is -0.586. The summed E-state index contributed by atoms with van der Waals surface area (Å²) in [5, 5.41) is 0. The first-order valence-electron chi connectivity index (χ1n) is 1.07. The Labute approximate surface area is 55.0 Å². The molecule has 0 amide bonds. The third kappa shape index (κ3) is 33.9. The SMILES string of the molecule is CC(Cl)(Cl)I. The summed E-state index contributed by atoms with van der Waals surface area (Å²) in [5.74, 6) is 0. The smallest absolute Gasteiger partial charge is 0.0902 e. The predicted octanol–water partition coefficient (Wildman–Crippen LogP) is 2.57. The van der Waals surface area contributed by atoms with Crippen molar-refractivity contribution < 1.29 is 0 Å². The van der Waals surface area contributed by atoms with Crippen LogP contribution < -0.4 is 0 Å². The second kappa shape index (κ2) is 1.85. The quantitative estimate of drug-likeness (QED) is 0.439. The van der Waals surface area contributed by atoms with Gasteiger partial charge >= 0.3 is 0 Å². The normalized spacial score (nSPS) is 12.0. The lowest BCUT2D eigenvalue weighted by Crippen LogP contribution is -1.85. The molecule has 5 heavy (non-hydrogen) atoms. The van der Waals surface area contributed by atoms with E-state index in [2.05, 4.69) is 0 Å². The van der Waals surface area contributed by atoms with Gasteiger partial charge < -0.3 is 0 Å². The first-order chi connectivity index (χ1) is 2.00. The molecule has 0 aliphatic carbocycles. The Bertz CT molecular complexity index is 23.1. The minimum Gasteiger partial charge on any atom is -0.0902 e. The van der Waals surface area contributed by atoms with Gasteiger partial charge in [0.05, 0.1) is 0 Å². The predicted molar refractivity (Wildman–Crippen MR) is 34.1 cm³/mol. The van der Waals surface area contributed by atoms with Crippen LogP contribution >= 0.6 is 45.8 Å².